The summed E-state index contributed by atoms with van der Waals surface area (Å²) in [7, 11) is -2.22. The van der Waals surface area contributed by atoms with Crippen molar-refractivity contribution in [3.8, 4) is 5.75 Å². The van der Waals surface area contributed by atoms with Gasteiger partial charge in [-0.25, -0.2) is 13.2 Å². The number of sulfonamides is 1. The van der Waals surface area contributed by atoms with E-state index in [4.69, 9.17) is 21.1 Å². The van der Waals surface area contributed by atoms with E-state index in [-0.39, 0.29) is 42.5 Å². The number of ether oxygens (including phenoxy) is 2. The first-order valence-corrected chi connectivity index (χ1v) is 11.0. The molecule has 3 rings (SSSR count). The van der Waals surface area contributed by atoms with E-state index >= 15 is 0 Å². The molecule has 0 N–H and O–H groups in total. The lowest BCUT2D eigenvalue weighted by atomic mass is 10.2. The van der Waals surface area contributed by atoms with Crippen molar-refractivity contribution in [1.29, 1.82) is 0 Å². The molecule has 0 spiro atoms. The third-order valence-corrected chi connectivity index (χ3v) is 6.86. The quantitative estimate of drug-likeness (QED) is 0.623. The zero-order valence-corrected chi connectivity index (χ0v) is 17.9. The summed E-state index contributed by atoms with van der Waals surface area (Å²) in [5, 5.41) is 0.451. The van der Waals surface area contributed by atoms with Crippen LogP contribution < -0.4 is 4.74 Å². The Bertz CT molecular complexity index is 1020. The number of benzene rings is 2. The summed E-state index contributed by atoms with van der Waals surface area (Å²) >= 11 is 5.81. The van der Waals surface area contributed by atoms with E-state index in [1.165, 1.54) is 40.6 Å². The zero-order valence-electron chi connectivity index (χ0n) is 16.3. The molecule has 0 saturated carbocycles. The number of carbonyl (C=O) groups is 2. The Balaban J connectivity index is 1.54. The number of nitrogens with zero attached hydrogens (tertiary/aromatic N) is 2. The molecule has 0 aliphatic carbocycles. The maximum atomic E-state index is 12.7. The number of hydrogen-bond acceptors (Lipinski definition) is 6. The van der Waals surface area contributed by atoms with Crippen LogP contribution in [0.15, 0.2) is 53.4 Å². The molecule has 8 nitrogen and oxygen atoms in total. The van der Waals surface area contributed by atoms with Gasteiger partial charge < -0.3 is 14.4 Å². The first kappa shape index (κ1) is 22.1. The summed E-state index contributed by atoms with van der Waals surface area (Å²) in [6.07, 6.45) is 0. The summed E-state index contributed by atoms with van der Waals surface area (Å²) < 4.78 is 36.9. The van der Waals surface area contributed by atoms with Crippen molar-refractivity contribution in [3.63, 3.8) is 0 Å². The molecule has 1 aliphatic heterocycles. The fourth-order valence-electron chi connectivity index (χ4n) is 3.04. The molecule has 0 atom stereocenters. The number of rotatable bonds is 6. The van der Waals surface area contributed by atoms with Crippen LogP contribution in [0.2, 0.25) is 5.02 Å². The molecule has 160 valence electrons. The summed E-state index contributed by atoms with van der Waals surface area (Å²) in [6, 6.07) is 12.5. The number of carbonyl (C=O) groups excluding carboxylic acids is 2. The lowest BCUT2D eigenvalue weighted by Crippen LogP contribution is -2.51. The maximum Gasteiger partial charge on any atom is 0.342 e. The first-order valence-electron chi connectivity index (χ1n) is 9.16. The van der Waals surface area contributed by atoms with Gasteiger partial charge in [-0.2, -0.15) is 4.31 Å². The van der Waals surface area contributed by atoms with E-state index in [1.54, 1.807) is 24.3 Å². The summed E-state index contributed by atoms with van der Waals surface area (Å²) in [5.41, 5.74) is 0.228. The summed E-state index contributed by atoms with van der Waals surface area (Å²) in [5.74, 6) is -0.692. The molecule has 1 heterocycles. The molecule has 1 saturated heterocycles. The highest BCUT2D eigenvalue weighted by molar-refractivity contribution is 7.89. The number of para-hydroxylation sites is 1. The van der Waals surface area contributed by atoms with Crippen molar-refractivity contribution >= 4 is 33.5 Å². The van der Waals surface area contributed by atoms with Gasteiger partial charge in [0.25, 0.3) is 5.91 Å². The van der Waals surface area contributed by atoms with Crippen LogP contribution >= 0.6 is 11.6 Å². The minimum Gasteiger partial charge on any atom is -0.496 e. The van der Waals surface area contributed by atoms with Gasteiger partial charge in [0.1, 0.15) is 11.3 Å². The van der Waals surface area contributed by atoms with Crippen LogP contribution in [0.5, 0.6) is 5.75 Å². The van der Waals surface area contributed by atoms with Gasteiger partial charge in [0.2, 0.25) is 10.0 Å². The van der Waals surface area contributed by atoms with Crippen LogP contribution in [0.1, 0.15) is 10.4 Å². The van der Waals surface area contributed by atoms with E-state index in [0.717, 1.165) is 0 Å². The molecule has 0 unspecified atom stereocenters. The highest BCUT2D eigenvalue weighted by Gasteiger charge is 2.30. The van der Waals surface area contributed by atoms with E-state index in [9.17, 15) is 18.0 Å². The van der Waals surface area contributed by atoms with Crippen LogP contribution in [-0.4, -0.2) is 69.4 Å². The van der Waals surface area contributed by atoms with E-state index < -0.39 is 22.6 Å². The van der Waals surface area contributed by atoms with Gasteiger partial charge in [-0.05, 0) is 36.4 Å². The van der Waals surface area contributed by atoms with Crippen molar-refractivity contribution < 1.29 is 27.5 Å². The number of piperazine rings is 1. The Hall–Kier alpha value is -2.62. The van der Waals surface area contributed by atoms with Crippen molar-refractivity contribution in [2.75, 3.05) is 39.9 Å². The van der Waals surface area contributed by atoms with Gasteiger partial charge in [-0.3, -0.25) is 4.79 Å². The predicted molar refractivity (Wildman–Crippen MR) is 110 cm³/mol. The minimum absolute atomic E-state index is 0.150. The van der Waals surface area contributed by atoms with E-state index in [0.29, 0.717) is 10.8 Å². The van der Waals surface area contributed by atoms with E-state index in [2.05, 4.69) is 0 Å². The van der Waals surface area contributed by atoms with Crippen molar-refractivity contribution in [2.24, 2.45) is 0 Å². The highest BCUT2D eigenvalue weighted by atomic mass is 35.5. The zero-order chi connectivity index (χ0) is 21.7. The van der Waals surface area contributed by atoms with Crippen LogP contribution in [-0.2, 0) is 19.6 Å². The fourth-order valence-corrected chi connectivity index (χ4v) is 4.59. The number of hydrogen-bond donors (Lipinski definition) is 0. The van der Waals surface area contributed by atoms with Gasteiger partial charge in [0.15, 0.2) is 6.61 Å². The average molecular weight is 453 g/mol. The Morgan fingerprint density at radius 1 is 1.00 bits per heavy atom. The standard InChI is InChI=1S/C20H21ClN2O6S/c1-28-18-5-3-2-4-17(18)20(25)29-14-19(24)22-10-12-23(13-11-22)30(26,27)16-8-6-15(21)7-9-16/h2-9H,10-14H2,1H3. The molecule has 1 aliphatic rings. The maximum absolute atomic E-state index is 12.7. The van der Waals surface area contributed by atoms with Gasteiger partial charge >= 0.3 is 5.97 Å². The molecule has 0 bridgehead atoms. The molecule has 10 heteroatoms. The largest absolute Gasteiger partial charge is 0.496 e. The second kappa shape index (κ2) is 9.46. The number of halogens is 1. The molecule has 30 heavy (non-hydrogen) atoms. The molecule has 1 fully saturated rings. The molecule has 0 radical (unpaired) electrons. The third kappa shape index (κ3) is 4.92. The molecule has 1 amide bonds. The lowest BCUT2D eigenvalue weighted by molar-refractivity contribution is -0.135. The number of methoxy groups -OCH3 is 1. The topological polar surface area (TPSA) is 93.2 Å². The van der Waals surface area contributed by atoms with Gasteiger partial charge in [-0.15, -0.1) is 0 Å². The predicted octanol–water partition coefficient (Wildman–Crippen LogP) is 2.04. The van der Waals surface area contributed by atoms with Crippen molar-refractivity contribution in [2.45, 2.75) is 4.90 Å². The Kier molecular flexibility index (Phi) is 6.96. The minimum atomic E-state index is -3.66. The lowest BCUT2D eigenvalue weighted by Gasteiger charge is -2.33. The van der Waals surface area contributed by atoms with Gasteiger partial charge in [0.05, 0.1) is 12.0 Å². The Morgan fingerprint density at radius 3 is 2.27 bits per heavy atom. The summed E-state index contributed by atoms with van der Waals surface area (Å²) in [6.45, 7) is 0.283. The highest BCUT2D eigenvalue weighted by Crippen LogP contribution is 2.20. The molecular weight excluding hydrogens is 432 g/mol. The van der Waals surface area contributed by atoms with Crippen LogP contribution in [0, 0.1) is 0 Å². The fraction of sp³-hybridized carbons (Fsp3) is 0.300. The SMILES string of the molecule is COc1ccccc1C(=O)OCC(=O)N1CCN(S(=O)(=O)c2ccc(Cl)cc2)CC1. The van der Waals surface area contributed by atoms with Crippen LogP contribution in [0.25, 0.3) is 0 Å². The number of esters is 1. The second-order valence-electron chi connectivity index (χ2n) is 6.52. The molecule has 0 aromatic heterocycles. The Morgan fingerprint density at radius 2 is 1.63 bits per heavy atom. The van der Waals surface area contributed by atoms with Gasteiger partial charge in [0, 0.05) is 31.2 Å². The van der Waals surface area contributed by atoms with Crippen molar-refractivity contribution in [1.82, 2.24) is 9.21 Å². The monoisotopic (exact) mass is 452 g/mol. The number of amides is 1. The molecule has 2 aromatic rings. The van der Waals surface area contributed by atoms with Crippen LogP contribution in [0.4, 0.5) is 0 Å². The normalized spacial score (nSPS) is 14.9. The third-order valence-electron chi connectivity index (χ3n) is 4.70. The average Bonchev–Trinajstić information content (AvgIpc) is 2.77. The molecule has 2 aromatic carbocycles. The van der Waals surface area contributed by atoms with E-state index in [1.807, 2.05) is 0 Å². The summed E-state index contributed by atoms with van der Waals surface area (Å²) in [4.78, 5) is 26.2. The Labute approximate surface area is 180 Å². The van der Waals surface area contributed by atoms with Crippen molar-refractivity contribution in [3.05, 3.63) is 59.1 Å². The smallest absolute Gasteiger partial charge is 0.342 e. The van der Waals surface area contributed by atoms with Crippen LogP contribution in [0.3, 0.4) is 0 Å². The first-order chi connectivity index (χ1) is 14.3. The van der Waals surface area contributed by atoms with Gasteiger partial charge in [-0.1, -0.05) is 23.7 Å². The second-order valence-corrected chi connectivity index (χ2v) is 8.89. The molecular formula is C20H21ClN2O6S.